The highest BCUT2D eigenvalue weighted by atomic mass is 16.6. The molecule has 0 radical (unpaired) electrons. The lowest BCUT2D eigenvalue weighted by atomic mass is 9.79. The van der Waals surface area contributed by atoms with Crippen molar-refractivity contribution in [3.8, 4) is 0 Å². The quantitative estimate of drug-likeness (QED) is 0.759. The van der Waals surface area contributed by atoms with Crippen molar-refractivity contribution < 1.29 is 18.8 Å². The molecule has 2 aliphatic rings. The molecule has 0 saturated carbocycles. The zero-order valence-corrected chi connectivity index (χ0v) is 16.4. The molecule has 0 aliphatic carbocycles. The van der Waals surface area contributed by atoms with Crippen LogP contribution in [0.5, 0.6) is 0 Å². The standard InChI is InChI=1S/C19H29BN2O4/c1-18(2,3)26-17(23)22-10-9-14(11-22)15-7-6-8-16(21-15)20-24-12-19(4,5)13-25-20/h6-8,14H,9-13H2,1-5H3. The highest BCUT2D eigenvalue weighted by molar-refractivity contribution is 6.60. The van der Waals surface area contributed by atoms with E-state index in [2.05, 4.69) is 13.8 Å². The van der Waals surface area contributed by atoms with Crippen LogP contribution in [0, 0.1) is 5.41 Å². The molecule has 0 bridgehead atoms. The molecule has 142 valence electrons. The van der Waals surface area contributed by atoms with Crippen LogP contribution in [0.1, 0.15) is 52.7 Å². The number of carbonyl (C=O) groups excluding carboxylic acids is 1. The minimum atomic E-state index is -0.475. The number of carbonyl (C=O) groups is 1. The summed E-state index contributed by atoms with van der Waals surface area (Å²) in [5.74, 6) is 0.211. The molecule has 7 heteroatoms. The maximum Gasteiger partial charge on any atom is 0.513 e. The van der Waals surface area contributed by atoms with E-state index in [0.717, 1.165) is 17.7 Å². The van der Waals surface area contributed by atoms with Crippen LogP contribution in [-0.2, 0) is 14.0 Å². The largest absolute Gasteiger partial charge is 0.513 e. The second-order valence-corrected chi connectivity index (χ2v) is 9.02. The molecule has 2 aliphatic heterocycles. The zero-order valence-electron chi connectivity index (χ0n) is 16.4. The van der Waals surface area contributed by atoms with Gasteiger partial charge in [0.15, 0.2) is 0 Å². The molecule has 2 fully saturated rings. The fraction of sp³-hybridized carbons (Fsp3) is 0.684. The van der Waals surface area contributed by atoms with Crippen molar-refractivity contribution in [2.24, 2.45) is 5.41 Å². The van der Waals surface area contributed by atoms with Crippen LogP contribution in [-0.4, -0.2) is 55.0 Å². The van der Waals surface area contributed by atoms with Gasteiger partial charge in [-0.1, -0.05) is 19.9 Å². The Hall–Kier alpha value is -1.60. The lowest BCUT2D eigenvalue weighted by Crippen LogP contribution is -2.48. The number of nitrogens with zero attached hydrogens (tertiary/aromatic N) is 2. The predicted octanol–water partition coefficient (Wildman–Crippen LogP) is 2.57. The van der Waals surface area contributed by atoms with E-state index < -0.39 is 12.7 Å². The van der Waals surface area contributed by atoms with Gasteiger partial charge in [-0.3, -0.25) is 4.98 Å². The van der Waals surface area contributed by atoms with E-state index in [1.54, 1.807) is 4.90 Å². The molecule has 3 rings (SSSR count). The summed E-state index contributed by atoms with van der Waals surface area (Å²) in [7, 11) is -0.411. The predicted molar refractivity (Wildman–Crippen MR) is 100 cm³/mol. The summed E-state index contributed by atoms with van der Waals surface area (Å²) in [4.78, 5) is 18.8. The average molecular weight is 360 g/mol. The van der Waals surface area contributed by atoms with Crippen LogP contribution in [0.3, 0.4) is 0 Å². The summed E-state index contributed by atoms with van der Waals surface area (Å²) < 4.78 is 17.2. The van der Waals surface area contributed by atoms with Gasteiger partial charge in [0.1, 0.15) is 5.60 Å². The number of hydrogen-bond donors (Lipinski definition) is 0. The van der Waals surface area contributed by atoms with Crippen molar-refractivity contribution in [3.05, 3.63) is 23.9 Å². The first kappa shape index (κ1) is 19.2. The van der Waals surface area contributed by atoms with Gasteiger partial charge in [0.05, 0.1) is 5.59 Å². The van der Waals surface area contributed by atoms with E-state index in [1.807, 2.05) is 39.0 Å². The molecule has 1 amide bonds. The highest BCUT2D eigenvalue weighted by Crippen LogP contribution is 2.27. The molecule has 3 heterocycles. The van der Waals surface area contributed by atoms with E-state index in [0.29, 0.717) is 26.3 Å². The Morgan fingerprint density at radius 1 is 1.31 bits per heavy atom. The summed E-state index contributed by atoms with van der Waals surface area (Å²) >= 11 is 0. The third kappa shape index (κ3) is 4.77. The van der Waals surface area contributed by atoms with Gasteiger partial charge in [0, 0.05) is 43.3 Å². The molecular formula is C19H29BN2O4. The Morgan fingerprint density at radius 2 is 2.00 bits per heavy atom. The van der Waals surface area contributed by atoms with Crippen molar-refractivity contribution >= 4 is 18.8 Å². The van der Waals surface area contributed by atoms with Crippen molar-refractivity contribution in [1.29, 1.82) is 0 Å². The van der Waals surface area contributed by atoms with Crippen LogP contribution in [0.25, 0.3) is 0 Å². The first-order valence-corrected chi connectivity index (χ1v) is 9.31. The fourth-order valence-corrected chi connectivity index (χ4v) is 3.18. The molecule has 1 aromatic rings. The lowest BCUT2D eigenvalue weighted by Gasteiger charge is -2.32. The number of pyridine rings is 1. The smallest absolute Gasteiger partial charge is 0.444 e. The van der Waals surface area contributed by atoms with Gasteiger partial charge in [0.2, 0.25) is 0 Å². The molecule has 26 heavy (non-hydrogen) atoms. The summed E-state index contributed by atoms with van der Waals surface area (Å²) in [6.45, 7) is 12.5. The number of likely N-dealkylation sites (tertiary alicyclic amines) is 1. The Kier molecular flexibility index (Phi) is 5.31. The first-order chi connectivity index (χ1) is 12.1. The third-order valence-corrected chi connectivity index (χ3v) is 4.54. The molecule has 1 aromatic heterocycles. The molecule has 1 unspecified atom stereocenters. The van der Waals surface area contributed by atoms with Crippen molar-refractivity contribution in [1.82, 2.24) is 9.88 Å². The van der Waals surface area contributed by atoms with Gasteiger partial charge in [-0.2, -0.15) is 0 Å². The number of amides is 1. The minimum absolute atomic E-state index is 0.0352. The molecule has 1 atom stereocenters. The fourth-order valence-electron chi connectivity index (χ4n) is 3.18. The summed E-state index contributed by atoms with van der Waals surface area (Å²) in [6, 6.07) is 5.94. The molecule has 2 saturated heterocycles. The van der Waals surface area contributed by atoms with Gasteiger partial charge in [-0.15, -0.1) is 0 Å². The zero-order chi connectivity index (χ0) is 18.9. The van der Waals surface area contributed by atoms with Crippen molar-refractivity contribution in [2.75, 3.05) is 26.3 Å². The number of aromatic nitrogens is 1. The number of hydrogen-bond acceptors (Lipinski definition) is 5. The topological polar surface area (TPSA) is 60.9 Å². The first-order valence-electron chi connectivity index (χ1n) is 9.31. The van der Waals surface area contributed by atoms with Crippen LogP contribution >= 0.6 is 0 Å². The third-order valence-electron chi connectivity index (χ3n) is 4.54. The van der Waals surface area contributed by atoms with E-state index in [-0.39, 0.29) is 17.4 Å². The molecule has 0 aromatic carbocycles. The van der Waals surface area contributed by atoms with Gasteiger partial charge < -0.3 is 18.9 Å². The maximum absolute atomic E-state index is 12.3. The minimum Gasteiger partial charge on any atom is -0.444 e. The van der Waals surface area contributed by atoms with Gasteiger partial charge in [0.25, 0.3) is 0 Å². The van der Waals surface area contributed by atoms with E-state index in [4.69, 9.17) is 19.0 Å². The lowest BCUT2D eigenvalue weighted by molar-refractivity contribution is 0.0292. The second kappa shape index (κ2) is 7.20. The van der Waals surface area contributed by atoms with Gasteiger partial charge in [-0.25, -0.2) is 4.79 Å². The maximum atomic E-state index is 12.3. The van der Waals surface area contributed by atoms with Gasteiger partial charge >= 0.3 is 13.2 Å². The molecular weight excluding hydrogens is 331 g/mol. The number of rotatable bonds is 2. The van der Waals surface area contributed by atoms with E-state index in [9.17, 15) is 4.79 Å². The Morgan fingerprint density at radius 3 is 2.65 bits per heavy atom. The highest BCUT2D eigenvalue weighted by Gasteiger charge is 2.36. The molecule has 0 N–H and O–H groups in total. The van der Waals surface area contributed by atoms with Crippen molar-refractivity contribution in [3.63, 3.8) is 0 Å². The van der Waals surface area contributed by atoms with Crippen molar-refractivity contribution in [2.45, 2.75) is 52.6 Å². The summed E-state index contributed by atoms with van der Waals surface area (Å²) in [5, 5.41) is 0. The van der Waals surface area contributed by atoms with Crippen LogP contribution in [0.4, 0.5) is 4.79 Å². The van der Waals surface area contributed by atoms with Crippen LogP contribution < -0.4 is 5.59 Å². The monoisotopic (exact) mass is 360 g/mol. The normalized spacial score (nSPS) is 23.2. The number of ether oxygens (including phenoxy) is 1. The van der Waals surface area contributed by atoms with Crippen LogP contribution in [0.15, 0.2) is 18.2 Å². The van der Waals surface area contributed by atoms with Gasteiger partial charge in [-0.05, 0) is 39.3 Å². The Balaban J connectivity index is 1.63. The van der Waals surface area contributed by atoms with E-state index in [1.165, 1.54) is 0 Å². The Labute approximate surface area is 156 Å². The SMILES string of the molecule is CC1(C)COB(c2cccc(C3CCN(C(=O)OC(C)(C)C)C3)n2)OC1. The Bertz CT molecular complexity index is 649. The summed E-state index contributed by atoms with van der Waals surface area (Å²) in [6.07, 6.45) is 0.632. The van der Waals surface area contributed by atoms with E-state index >= 15 is 0 Å². The average Bonchev–Trinajstić information content (AvgIpc) is 3.03. The second-order valence-electron chi connectivity index (χ2n) is 9.02. The molecule has 6 nitrogen and oxygen atoms in total. The van der Waals surface area contributed by atoms with Crippen LogP contribution in [0.2, 0.25) is 0 Å². The molecule has 0 spiro atoms. The summed E-state index contributed by atoms with van der Waals surface area (Å²) in [5.41, 5.74) is 1.34.